The van der Waals surface area contributed by atoms with Gasteiger partial charge in [0.1, 0.15) is 5.75 Å². The third-order valence-corrected chi connectivity index (χ3v) is 8.58. The zero-order chi connectivity index (χ0) is 26.6. The molecule has 3 aromatic carbocycles. The Morgan fingerprint density at radius 2 is 1.82 bits per heavy atom. The lowest BCUT2D eigenvalue weighted by Gasteiger charge is -2.51. The molecule has 1 aromatic heterocycles. The van der Waals surface area contributed by atoms with Crippen molar-refractivity contribution >= 4 is 45.9 Å². The number of fused-ring (bicyclic) bond motifs is 5. The molecule has 2 amide bonds. The number of halogens is 2. The van der Waals surface area contributed by atoms with Crippen LogP contribution in [0.25, 0.3) is 10.9 Å². The molecule has 3 heterocycles. The maximum absolute atomic E-state index is 14.2. The van der Waals surface area contributed by atoms with Gasteiger partial charge >= 0.3 is 0 Å². The third kappa shape index (κ3) is 3.77. The minimum atomic E-state index is -1.16. The van der Waals surface area contributed by atoms with Crippen LogP contribution in [0.15, 0.2) is 66.7 Å². The molecule has 0 aliphatic carbocycles. The number of nitrogens with zero attached hydrogens (tertiary/aromatic N) is 2. The van der Waals surface area contributed by atoms with E-state index >= 15 is 0 Å². The van der Waals surface area contributed by atoms with Crippen molar-refractivity contribution in [3.63, 3.8) is 0 Å². The Morgan fingerprint density at radius 1 is 1.05 bits per heavy atom. The zero-order valence-corrected chi connectivity index (χ0v) is 22.6. The van der Waals surface area contributed by atoms with E-state index in [-0.39, 0.29) is 24.3 Å². The van der Waals surface area contributed by atoms with E-state index in [2.05, 4.69) is 11.1 Å². The van der Waals surface area contributed by atoms with Crippen molar-refractivity contribution in [2.45, 2.75) is 24.8 Å². The van der Waals surface area contributed by atoms with Gasteiger partial charge in [0.25, 0.3) is 5.91 Å². The standard InChI is InChI=1S/C30H27Cl2N3O3/c1-30-28-27(21-8-3-5-9-24(21)33-28)22(20-7-4-6-10-25(20)38-2)16-35(30)26(36)17-34(29(30)37)14-13-18-11-12-19(31)15-23(18)32/h3-12,15,22,33H,13-14,16-17H2,1-2H3/t22-,30-/m0/s1. The number of hydrogen-bond acceptors (Lipinski definition) is 3. The number of benzene rings is 3. The van der Waals surface area contributed by atoms with Crippen LogP contribution in [0, 0.1) is 0 Å². The molecule has 0 saturated carbocycles. The molecule has 1 saturated heterocycles. The van der Waals surface area contributed by atoms with Crippen LogP contribution in [-0.2, 0) is 21.5 Å². The number of aromatic amines is 1. The molecule has 0 unspecified atom stereocenters. The van der Waals surface area contributed by atoms with Crippen molar-refractivity contribution in [3.8, 4) is 5.75 Å². The average Bonchev–Trinajstić information content (AvgIpc) is 3.32. The summed E-state index contributed by atoms with van der Waals surface area (Å²) in [6.45, 7) is 2.64. The first-order valence-corrected chi connectivity index (χ1v) is 13.4. The van der Waals surface area contributed by atoms with E-state index in [1.807, 2.05) is 55.5 Å². The maximum atomic E-state index is 14.2. The zero-order valence-electron chi connectivity index (χ0n) is 21.1. The number of methoxy groups -OCH3 is 1. The Balaban J connectivity index is 1.44. The highest BCUT2D eigenvalue weighted by Gasteiger charge is 2.56. The molecule has 0 radical (unpaired) electrons. The SMILES string of the molecule is COc1ccccc1[C@@H]1CN2C(=O)CN(CCc3ccc(Cl)cc3Cl)C(=O)[C@]2(C)c2[nH]c3ccccc3c21. The molecule has 4 aromatic rings. The van der Waals surface area contributed by atoms with Crippen molar-refractivity contribution in [1.29, 1.82) is 0 Å². The van der Waals surface area contributed by atoms with Crippen molar-refractivity contribution < 1.29 is 14.3 Å². The molecule has 6 nitrogen and oxygen atoms in total. The van der Waals surface area contributed by atoms with E-state index in [1.54, 1.807) is 29.0 Å². The highest BCUT2D eigenvalue weighted by Crippen LogP contribution is 2.49. The molecular formula is C30H27Cl2N3O3. The second-order valence-corrected chi connectivity index (χ2v) is 10.9. The number of para-hydroxylation sites is 2. The fraction of sp³-hybridized carbons (Fsp3) is 0.267. The molecule has 194 valence electrons. The van der Waals surface area contributed by atoms with Crippen LogP contribution < -0.4 is 4.74 Å². The second-order valence-electron chi connectivity index (χ2n) is 10.0. The van der Waals surface area contributed by atoms with Gasteiger partial charge in [-0.3, -0.25) is 9.59 Å². The van der Waals surface area contributed by atoms with Gasteiger partial charge in [-0.25, -0.2) is 0 Å². The van der Waals surface area contributed by atoms with E-state index in [0.29, 0.717) is 29.6 Å². The topological polar surface area (TPSA) is 65.6 Å². The molecule has 8 heteroatoms. The van der Waals surface area contributed by atoms with Crippen molar-refractivity contribution in [2.75, 3.05) is 26.7 Å². The molecule has 38 heavy (non-hydrogen) atoms. The number of aromatic nitrogens is 1. The summed E-state index contributed by atoms with van der Waals surface area (Å²) in [7, 11) is 1.66. The van der Waals surface area contributed by atoms with Gasteiger partial charge in [-0.15, -0.1) is 0 Å². The minimum absolute atomic E-state index is 0.0217. The minimum Gasteiger partial charge on any atom is -0.496 e. The molecule has 1 fully saturated rings. The van der Waals surface area contributed by atoms with Crippen molar-refractivity contribution in [3.05, 3.63) is 99.2 Å². The first-order chi connectivity index (χ1) is 18.3. The number of H-pyrrole nitrogens is 1. The van der Waals surface area contributed by atoms with Crippen LogP contribution in [0.5, 0.6) is 5.75 Å². The molecule has 2 aliphatic heterocycles. The molecule has 0 spiro atoms. The summed E-state index contributed by atoms with van der Waals surface area (Å²) in [5.74, 6) is 0.420. The summed E-state index contributed by atoms with van der Waals surface area (Å²) in [5, 5.41) is 2.16. The summed E-state index contributed by atoms with van der Waals surface area (Å²) in [5.41, 5.74) is 3.44. The summed E-state index contributed by atoms with van der Waals surface area (Å²) in [6, 6.07) is 21.3. The maximum Gasteiger partial charge on any atom is 0.254 e. The Kier molecular flexibility index (Phi) is 6.12. The summed E-state index contributed by atoms with van der Waals surface area (Å²) >= 11 is 12.4. The molecular weight excluding hydrogens is 521 g/mol. The summed E-state index contributed by atoms with van der Waals surface area (Å²) in [4.78, 5) is 34.9. The quantitative estimate of drug-likeness (QED) is 0.345. The van der Waals surface area contributed by atoms with Crippen LogP contribution >= 0.6 is 23.2 Å². The number of rotatable bonds is 5. The van der Waals surface area contributed by atoms with Crippen LogP contribution in [-0.4, -0.2) is 53.3 Å². The van der Waals surface area contributed by atoms with E-state index in [4.69, 9.17) is 27.9 Å². The van der Waals surface area contributed by atoms with E-state index in [0.717, 1.165) is 39.0 Å². The molecule has 1 N–H and O–H groups in total. The smallest absolute Gasteiger partial charge is 0.254 e. The number of piperazine rings is 1. The lowest BCUT2D eigenvalue weighted by Crippen LogP contribution is -2.67. The monoisotopic (exact) mass is 547 g/mol. The second kappa shape index (κ2) is 9.37. The van der Waals surface area contributed by atoms with Crippen LogP contribution in [0.1, 0.15) is 35.2 Å². The third-order valence-electron chi connectivity index (χ3n) is 8.00. The largest absolute Gasteiger partial charge is 0.496 e. The first-order valence-electron chi connectivity index (χ1n) is 12.6. The van der Waals surface area contributed by atoms with Gasteiger partial charge in [0.05, 0.1) is 19.3 Å². The van der Waals surface area contributed by atoms with Crippen LogP contribution in [0.2, 0.25) is 10.0 Å². The number of carbonyl (C=O) groups is 2. The highest BCUT2D eigenvalue weighted by atomic mass is 35.5. The molecule has 2 aliphatic rings. The first kappa shape index (κ1) is 24.8. The lowest BCUT2D eigenvalue weighted by molar-refractivity contribution is -0.166. The van der Waals surface area contributed by atoms with Crippen LogP contribution in [0.3, 0.4) is 0 Å². The van der Waals surface area contributed by atoms with Gasteiger partial charge in [0.2, 0.25) is 5.91 Å². The van der Waals surface area contributed by atoms with E-state index in [1.165, 1.54) is 0 Å². The van der Waals surface area contributed by atoms with Gasteiger partial charge < -0.3 is 19.5 Å². The number of nitrogens with one attached hydrogen (secondary N) is 1. The lowest BCUT2D eigenvalue weighted by atomic mass is 9.76. The molecule has 6 rings (SSSR count). The average molecular weight is 548 g/mol. The molecule has 2 atom stereocenters. The Bertz CT molecular complexity index is 1580. The Morgan fingerprint density at radius 3 is 2.61 bits per heavy atom. The van der Waals surface area contributed by atoms with Gasteiger partial charge in [-0.05, 0) is 48.7 Å². The fourth-order valence-corrected chi connectivity index (χ4v) is 6.57. The highest BCUT2D eigenvalue weighted by molar-refractivity contribution is 6.35. The Hall–Kier alpha value is -3.48. The number of amides is 2. The summed E-state index contributed by atoms with van der Waals surface area (Å²) in [6.07, 6.45) is 0.522. The van der Waals surface area contributed by atoms with E-state index < -0.39 is 5.54 Å². The van der Waals surface area contributed by atoms with Crippen LogP contribution in [0.4, 0.5) is 0 Å². The Labute approximate surface area is 231 Å². The normalized spacial score (nSPS) is 21.0. The van der Waals surface area contributed by atoms with Crippen molar-refractivity contribution in [2.24, 2.45) is 0 Å². The predicted molar refractivity (Wildman–Crippen MR) is 149 cm³/mol. The fourth-order valence-electron chi connectivity index (χ4n) is 6.07. The van der Waals surface area contributed by atoms with Gasteiger partial charge in [-0.2, -0.15) is 0 Å². The number of ether oxygens (including phenoxy) is 1. The van der Waals surface area contributed by atoms with Gasteiger partial charge in [0.15, 0.2) is 5.54 Å². The number of hydrogen-bond donors (Lipinski definition) is 1. The predicted octanol–water partition coefficient (Wildman–Crippen LogP) is 5.76. The summed E-state index contributed by atoms with van der Waals surface area (Å²) < 4.78 is 5.71. The van der Waals surface area contributed by atoms with Crippen molar-refractivity contribution in [1.82, 2.24) is 14.8 Å². The van der Waals surface area contributed by atoms with Gasteiger partial charge in [0, 0.05) is 45.5 Å². The number of carbonyl (C=O) groups excluding carboxylic acids is 2. The van der Waals surface area contributed by atoms with Gasteiger partial charge in [-0.1, -0.05) is 65.7 Å². The molecule has 0 bridgehead atoms. The van der Waals surface area contributed by atoms with E-state index in [9.17, 15) is 9.59 Å².